The van der Waals surface area contributed by atoms with E-state index in [4.69, 9.17) is 0 Å². The van der Waals surface area contributed by atoms with Crippen LogP contribution in [0.1, 0.15) is 26.3 Å². The maximum Gasteiger partial charge on any atom is 0.573 e. The lowest BCUT2D eigenvalue weighted by atomic mass is 10.1. The second kappa shape index (κ2) is 8.17. The van der Waals surface area contributed by atoms with Crippen LogP contribution >= 0.6 is 0 Å². The van der Waals surface area contributed by atoms with E-state index in [1.54, 1.807) is 19.2 Å². The van der Waals surface area contributed by atoms with Gasteiger partial charge < -0.3 is 15.4 Å². The number of halogens is 3. The van der Waals surface area contributed by atoms with Crippen molar-refractivity contribution in [1.82, 2.24) is 15.0 Å². The van der Waals surface area contributed by atoms with E-state index in [0.29, 0.717) is 34.4 Å². The fraction of sp³-hybridized carbons (Fsp3) is 0.286. The Kier molecular flexibility index (Phi) is 5.82. The first kappa shape index (κ1) is 21.4. The van der Waals surface area contributed by atoms with Crippen molar-refractivity contribution in [3.63, 3.8) is 0 Å². The normalized spacial score (nSPS) is 11.8. The Labute approximate surface area is 172 Å². The molecule has 0 spiro atoms. The largest absolute Gasteiger partial charge is 0.573 e. The highest BCUT2D eigenvalue weighted by Crippen LogP contribution is 2.29. The molecule has 2 heterocycles. The lowest BCUT2D eigenvalue weighted by Crippen LogP contribution is -2.27. The summed E-state index contributed by atoms with van der Waals surface area (Å²) >= 11 is 0. The second-order valence-corrected chi connectivity index (χ2v) is 7.70. The van der Waals surface area contributed by atoms with E-state index in [-0.39, 0.29) is 11.3 Å². The number of aromatic nitrogens is 3. The number of nitrogens with zero attached hydrogens (tertiary/aromatic N) is 3. The molecule has 0 aliphatic carbocycles. The van der Waals surface area contributed by atoms with E-state index in [2.05, 4.69) is 30.3 Å². The lowest BCUT2D eigenvalue weighted by molar-refractivity contribution is -0.274. The van der Waals surface area contributed by atoms with E-state index >= 15 is 0 Å². The summed E-state index contributed by atoms with van der Waals surface area (Å²) in [6.07, 6.45) is -3.07. The summed E-state index contributed by atoms with van der Waals surface area (Å²) < 4.78 is 41.3. The molecule has 9 heteroatoms. The van der Waals surface area contributed by atoms with Crippen molar-refractivity contribution < 1.29 is 17.9 Å². The minimum Gasteiger partial charge on any atom is -0.406 e. The van der Waals surface area contributed by atoms with Crippen LogP contribution in [0.5, 0.6) is 5.75 Å². The number of rotatable bonds is 5. The summed E-state index contributed by atoms with van der Waals surface area (Å²) in [5.41, 5.74) is 2.17. The molecular weight excluding hydrogens is 395 g/mol. The van der Waals surface area contributed by atoms with Crippen LogP contribution in [0.15, 0.2) is 48.7 Å². The third kappa shape index (κ3) is 6.07. The Hall–Kier alpha value is -3.36. The molecule has 0 saturated carbocycles. The molecule has 6 nitrogen and oxygen atoms in total. The molecule has 0 atom stereocenters. The van der Waals surface area contributed by atoms with Gasteiger partial charge in [-0.1, -0.05) is 6.07 Å². The van der Waals surface area contributed by atoms with Crippen molar-refractivity contribution in [2.45, 2.75) is 39.6 Å². The summed E-state index contributed by atoms with van der Waals surface area (Å²) in [5.74, 6) is 0.602. The molecule has 30 heavy (non-hydrogen) atoms. The number of hydrogen-bond donors (Lipinski definition) is 2. The van der Waals surface area contributed by atoms with Gasteiger partial charge in [-0.2, -0.15) is 4.98 Å². The molecule has 0 aliphatic rings. The molecular formula is C21H22F3N5O. The Balaban J connectivity index is 1.94. The molecule has 158 valence electrons. The fourth-order valence-electron chi connectivity index (χ4n) is 2.66. The summed E-state index contributed by atoms with van der Waals surface area (Å²) in [5, 5.41) is 6.37. The SMILES string of the molecule is Cc1cc(OC(F)(F)F)ccc1Nc1cc(-c2ccccn2)nc(NC(C)(C)C)n1. The standard InChI is InChI=1S/C21H22F3N5O/c1-13-11-14(30-21(22,23)24)8-9-15(13)26-18-12-17(16-7-5-6-10-25-16)27-19(28-18)29-20(2,3)4/h5-12H,1-4H3,(H2,26,27,28,29). The van der Waals surface area contributed by atoms with Crippen molar-refractivity contribution in [2.75, 3.05) is 10.6 Å². The second-order valence-electron chi connectivity index (χ2n) is 7.70. The highest BCUT2D eigenvalue weighted by Gasteiger charge is 2.31. The fourth-order valence-corrected chi connectivity index (χ4v) is 2.66. The zero-order chi connectivity index (χ0) is 21.9. The van der Waals surface area contributed by atoms with Crippen LogP contribution in [0.4, 0.5) is 30.6 Å². The van der Waals surface area contributed by atoms with Crippen LogP contribution in [0.2, 0.25) is 0 Å². The van der Waals surface area contributed by atoms with E-state index in [1.807, 2.05) is 39.0 Å². The van der Waals surface area contributed by atoms with Gasteiger partial charge >= 0.3 is 6.36 Å². The predicted molar refractivity (Wildman–Crippen MR) is 110 cm³/mol. The number of benzene rings is 1. The summed E-state index contributed by atoms with van der Waals surface area (Å²) in [4.78, 5) is 13.4. The molecule has 0 aliphatic heterocycles. The van der Waals surface area contributed by atoms with Gasteiger partial charge in [-0.05, 0) is 63.6 Å². The summed E-state index contributed by atoms with van der Waals surface area (Å²) in [6.45, 7) is 7.64. The molecule has 3 aromatic rings. The number of hydrogen-bond acceptors (Lipinski definition) is 6. The number of ether oxygens (including phenoxy) is 1. The van der Waals surface area contributed by atoms with Crippen molar-refractivity contribution >= 4 is 17.5 Å². The third-order valence-corrected chi connectivity index (χ3v) is 3.83. The van der Waals surface area contributed by atoms with Gasteiger partial charge in [0.15, 0.2) is 0 Å². The maximum atomic E-state index is 12.4. The number of alkyl halides is 3. The minimum absolute atomic E-state index is 0.271. The van der Waals surface area contributed by atoms with E-state index in [1.165, 1.54) is 18.2 Å². The van der Waals surface area contributed by atoms with E-state index in [9.17, 15) is 13.2 Å². The average molecular weight is 417 g/mol. The van der Waals surface area contributed by atoms with Gasteiger partial charge in [0.2, 0.25) is 5.95 Å². The highest BCUT2D eigenvalue weighted by atomic mass is 19.4. The number of nitrogens with one attached hydrogen (secondary N) is 2. The Morgan fingerprint density at radius 1 is 0.933 bits per heavy atom. The van der Waals surface area contributed by atoms with Crippen LogP contribution in [-0.2, 0) is 0 Å². The average Bonchev–Trinajstić information content (AvgIpc) is 2.62. The Morgan fingerprint density at radius 3 is 2.30 bits per heavy atom. The zero-order valence-corrected chi connectivity index (χ0v) is 17.0. The van der Waals surface area contributed by atoms with Crippen molar-refractivity contribution in [3.05, 3.63) is 54.2 Å². The summed E-state index contributed by atoms with van der Waals surface area (Å²) in [7, 11) is 0. The van der Waals surface area contributed by atoms with Gasteiger partial charge in [-0.3, -0.25) is 4.98 Å². The molecule has 0 unspecified atom stereocenters. The molecule has 0 radical (unpaired) electrons. The zero-order valence-electron chi connectivity index (χ0n) is 17.0. The van der Waals surface area contributed by atoms with Gasteiger partial charge in [0.25, 0.3) is 0 Å². The van der Waals surface area contributed by atoms with Gasteiger partial charge in [0.05, 0.1) is 11.4 Å². The Morgan fingerprint density at radius 2 is 1.70 bits per heavy atom. The van der Waals surface area contributed by atoms with Crippen molar-refractivity contribution in [2.24, 2.45) is 0 Å². The predicted octanol–water partition coefficient (Wildman–Crippen LogP) is 5.70. The van der Waals surface area contributed by atoms with Gasteiger partial charge in [0.1, 0.15) is 11.6 Å². The molecule has 0 saturated heterocycles. The van der Waals surface area contributed by atoms with Crippen LogP contribution in [0, 0.1) is 6.92 Å². The lowest BCUT2D eigenvalue weighted by Gasteiger charge is -2.21. The van der Waals surface area contributed by atoms with E-state index in [0.717, 1.165) is 0 Å². The van der Waals surface area contributed by atoms with Gasteiger partial charge in [-0.25, -0.2) is 4.98 Å². The van der Waals surface area contributed by atoms with Crippen LogP contribution < -0.4 is 15.4 Å². The molecule has 0 bridgehead atoms. The number of anilines is 3. The van der Waals surface area contributed by atoms with E-state index < -0.39 is 6.36 Å². The first-order valence-corrected chi connectivity index (χ1v) is 9.21. The maximum absolute atomic E-state index is 12.4. The molecule has 0 fully saturated rings. The van der Waals surface area contributed by atoms with Crippen LogP contribution in [-0.4, -0.2) is 26.9 Å². The van der Waals surface area contributed by atoms with Crippen molar-refractivity contribution in [3.8, 4) is 17.1 Å². The smallest absolute Gasteiger partial charge is 0.406 e. The topological polar surface area (TPSA) is 72.0 Å². The monoisotopic (exact) mass is 417 g/mol. The molecule has 0 amide bonds. The molecule has 2 aromatic heterocycles. The van der Waals surface area contributed by atoms with Gasteiger partial charge in [-0.15, -0.1) is 13.2 Å². The minimum atomic E-state index is -4.74. The first-order chi connectivity index (χ1) is 14.0. The number of pyridine rings is 1. The highest BCUT2D eigenvalue weighted by molar-refractivity contribution is 5.67. The quantitative estimate of drug-likeness (QED) is 0.555. The molecule has 1 aromatic carbocycles. The van der Waals surface area contributed by atoms with Crippen LogP contribution in [0.25, 0.3) is 11.4 Å². The van der Waals surface area contributed by atoms with Crippen LogP contribution in [0.3, 0.4) is 0 Å². The summed E-state index contributed by atoms with van der Waals surface area (Å²) in [6, 6.07) is 11.3. The molecule has 3 rings (SSSR count). The van der Waals surface area contributed by atoms with Gasteiger partial charge in [0, 0.05) is 23.5 Å². The molecule has 2 N–H and O–H groups in total. The third-order valence-electron chi connectivity index (χ3n) is 3.83. The van der Waals surface area contributed by atoms with Crippen molar-refractivity contribution in [1.29, 1.82) is 0 Å². The first-order valence-electron chi connectivity index (χ1n) is 9.21. The Bertz CT molecular complexity index is 1020. The number of aryl methyl sites for hydroxylation is 1.